The fraction of sp³-hybridized carbons (Fsp3) is 0.176. The summed E-state index contributed by atoms with van der Waals surface area (Å²) in [7, 11) is 1.66. The van der Waals surface area contributed by atoms with Gasteiger partial charge in [0.25, 0.3) is 5.69 Å². The van der Waals surface area contributed by atoms with Gasteiger partial charge in [0.1, 0.15) is 4.38 Å². The maximum atomic E-state index is 12.4. The normalized spacial score (nSPS) is 12.9. The Morgan fingerprint density at radius 1 is 1.28 bits per heavy atom. The van der Waals surface area contributed by atoms with E-state index < -0.39 is 4.92 Å². The van der Waals surface area contributed by atoms with Crippen LogP contribution in [0.5, 0.6) is 0 Å². The standard InChI is InChI=1S/C17H15N3O3S2/c1-19(13-6-8-14(9-7-13)20(22)23)16(21)11-25-17-18-15-5-3-2-4-12(15)10-24-17/h2-9H,10-11H2,1H3. The molecule has 3 rings (SSSR count). The van der Waals surface area contributed by atoms with Crippen LogP contribution in [0.2, 0.25) is 0 Å². The number of carbonyl (C=O) groups excluding carboxylic acids is 1. The average molecular weight is 373 g/mol. The van der Waals surface area contributed by atoms with Crippen molar-refractivity contribution in [3.8, 4) is 0 Å². The predicted molar refractivity (Wildman–Crippen MR) is 104 cm³/mol. The van der Waals surface area contributed by atoms with E-state index in [0.717, 1.165) is 15.8 Å². The van der Waals surface area contributed by atoms with Crippen molar-refractivity contribution in [3.63, 3.8) is 0 Å². The Kier molecular flexibility index (Phi) is 5.40. The number of hydrogen-bond acceptors (Lipinski definition) is 6. The van der Waals surface area contributed by atoms with Crippen molar-refractivity contribution in [2.75, 3.05) is 17.7 Å². The van der Waals surface area contributed by atoms with Crippen LogP contribution in [-0.2, 0) is 10.5 Å². The van der Waals surface area contributed by atoms with Gasteiger partial charge in [0.05, 0.1) is 16.4 Å². The molecule has 0 aromatic heterocycles. The number of rotatable bonds is 4. The van der Waals surface area contributed by atoms with Crippen LogP contribution in [0.1, 0.15) is 5.56 Å². The van der Waals surface area contributed by atoms with E-state index in [-0.39, 0.29) is 17.3 Å². The minimum absolute atomic E-state index is 0.00519. The highest BCUT2D eigenvalue weighted by atomic mass is 32.2. The van der Waals surface area contributed by atoms with Crippen molar-refractivity contribution >= 4 is 50.9 Å². The van der Waals surface area contributed by atoms with Crippen LogP contribution in [0.4, 0.5) is 17.1 Å². The van der Waals surface area contributed by atoms with Crippen LogP contribution in [-0.4, -0.2) is 28.0 Å². The number of amides is 1. The van der Waals surface area contributed by atoms with Gasteiger partial charge in [0.15, 0.2) is 0 Å². The van der Waals surface area contributed by atoms with Gasteiger partial charge in [-0.05, 0) is 23.8 Å². The van der Waals surface area contributed by atoms with Crippen molar-refractivity contribution in [3.05, 3.63) is 64.2 Å². The van der Waals surface area contributed by atoms with Crippen molar-refractivity contribution in [1.29, 1.82) is 0 Å². The molecule has 128 valence electrons. The van der Waals surface area contributed by atoms with Crippen LogP contribution in [0.25, 0.3) is 0 Å². The number of thioether (sulfide) groups is 2. The fourth-order valence-electron chi connectivity index (χ4n) is 2.25. The zero-order chi connectivity index (χ0) is 17.8. The Balaban J connectivity index is 1.61. The van der Waals surface area contributed by atoms with Crippen LogP contribution >= 0.6 is 23.5 Å². The highest BCUT2D eigenvalue weighted by Crippen LogP contribution is 2.34. The van der Waals surface area contributed by atoms with E-state index in [1.54, 1.807) is 30.9 Å². The number of fused-ring (bicyclic) bond motifs is 1. The van der Waals surface area contributed by atoms with Crippen molar-refractivity contribution in [2.24, 2.45) is 4.99 Å². The van der Waals surface area contributed by atoms with Crippen molar-refractivity contribution in [2.45, 2.75) is 5.75 Å². The summed E-state index contributed by atoms with van der Waals surface area (Å²) < 4.78 is 0.879. The summed E-state index contributed by atoms with van der Waals surface area (Å²) in [6.45, 7) is 0. The van der Waals surface area contributed by atoms with E-state index in [1.165, 1.54) is 34.4 Å². The van der Waals surface area contributed by atoms with Crippen LogP contribution in [0.15, 0.2) is 53.5 Å². The minimum atomic E-state index is -0.461. The quantitative estimate of drug-likeness (QED) is 0.592. The number of anilines is 1. The second-order valence-corrected chi connectivity index (χ2v) is 7.50. The molecule has 0 saturated carbocycles. The molecule has 0 atom stereocenters. The lowest BCUT2D eigenvalue weighted by Gasteiger charge is -2.18. The Hall–Kier alpha value is -2.32. The number of carbonyl (C=O) groups is 1. The molecular weight excluding hydrogens is 358 g/mol. The third-order valence-electron chi connectivity index (χ3n) is 3.70. The van der Waals surface area contributed by atoms with E-state index >= 15 is 0 Å². The third-order valence-corrected chi connectivity index (χ3v) is 5.93. The van der Waals surface area contributed by atoms with Gasteiger partial charge in [0, 0.05) is 30.6 Å². The highest BCUT2D eigenvalue weighted by molar-refractivity contribution is 8.38. The number of nitro groups is 1. The van der Waals surface area contributed by atoms with Gasteiger partial charge < -0.3 is 4.90 Å². The molecule has 2 aromatic rings. The van der Waals surface area contributed by atoms with E-state index in [2.05, 4.69) is 11.1 Å². The Bertz CT molecular complexity index is 837. The van der Waals surface area contributed by atoms with Gasteiger partial charge in [-0.25, -0.2) is 4.99 Å². The largest absolute Gasteiger partial charge is 0.315 e. The number of benzene rings is 2. The number of nitrogens with zero attached hydrogens (tertiary/aromatic N) is 3. The van der Waals surface area contributed by atoms with E-state index in [9.17, 15) is 14.9 Å². The van der Waals surface area contributed by atoms with Gasteiger partial charge >= 0.3 is 0 Å². The molecule has 0 saturated heterocycles. The number of hydrogen-bond donors (Lipinski definition) is 0. The first kappa shape index (κ1) is 17.5. The third kappa shape index (κ3) is 4.21. The molecule has 0 unspecified atom stereocenters. The molecule has 0 bridgehead atoms. The lowest BCUT2D eigenvalue weighted by molar-refractivity contribution is -0.384. The molecule has 1 amide bonds. The monoisotopic (exact) mass is 373 g/mol. The second kappa shape index (κ2) is 7.71. The first-order valence-electron chi connectivity index (χ1n) is 7.48. The van der Waals surface area contributed by atoms with Gasteiger partial charge in [-0.1, -0.05) is 41.7 Å². The van der Waals surface area contributed by atoms with E-state index in [0.29, 0.717) is 5.69 Å². The van der Waals surface area contributed by atoms with Crippen LogP contribution < -0.4 is 4.90 Å². The number of aliphatic imine (C=N–C) groups is 1. The van der Waals surface area contributed by atoms with Crippen LogP contribution in [0.3, 0.4) is 0 Å². The first-order valence-corrected chi connectivity index (χ1v) is 9.45. The molecule has 2 aromatic carbocycles. The van der Waals surface area contributed by atoms with Gasteiger partial charge in [-0.15, -0.1) is 0 Å². The summed E-state index contributed by atoms with van der Waals surface area (Å²) >= 11 is 3.04. The van der Waals surface area contributed by atoms with Crippen LogP contribution in [0, 0.1) is 10.1 Å². The molecule has 1 aliphatic heterocycles. The SMILES string of the molecule is CN(C(=O)CSC1=Nc2ccccc2CS1)c1ccc([N+](=O)[O-])cc1. The molecule has 6 nitrogen and oxygen atoms in total. The minimum Gasteiger partial charge on any atom is -0.315 e. The lowest BCUT2D eigenvalue weighted by Crippen LogP contribution is -2.28. The molecule has 0 fully saturated rings. The maximum absolute atomic E-state index is 12.4. The molecule has 8 heteroatoms. The fourth-order valence-corrected chi connectivity index (χ4v) is 4.22. The molecule has 0 N–H and O–H groups in total. The summed E-state index contributed by atoms with van der Waals surface area (Å²) in [6, 6.07) is 13.9. The smallest absolute Gasteiger partial charge is 0.269 e. The Morgan fingerprint density at radius 3 is 2.72 bits per heavy atom. The van der Waals surface area contributed by atoms with E-state index in [1.807, 2.05) is 18.2 Å². The Labute approximate surface area is 153 Å². The molecule has 0 radical (unpaired) electrons. The van der Waals surface area contributed by atoms with Gasteiger partial charge in [-0.3, -0.25) is 14.9 Å². The summed E-state index contributed by atoms with van der Waals surface area (Å²) in [4.78, 5) is 28.7. The molecule has 1 heterocycles. The summed E-state index contributed by atoms with van der Waals surface area (Å²) in [6.07, 6.45) is 0. The number of non-ortho nitro benzene ring substituents is 1. The summed E-state index contributed by atoms with van der Waals surface area (Å²) in [5.74, 6) is 1.04. The van der Waals surface area contributed by atoms with Gasteiger partial charge in [-0.2, -0.15) is 0 Å². The zero-order valence-corrected chi connectivity index (χ0v) is 15.0. The summed E-state index contributed by atoms with van der Waals surface area (Å²) in [5, 5.41) is 10.7. The molecule has 1 aliphatic rings. The number of para-hydroxylation sites is 1. The maximum Gasteiger partial charge on any atom is 0.269 e. The van der Waals surface area contributed by atoms with Crippen molar-refractivity contribution < 1.29 is 9.72 Å². The molecule has 25 heavy (non-hydrogen) atoms. The van der Waals surface area contributed by atoms with Crippen molar-refractivity contribution in [1.82, 2.24) is 0 Å². The Morgan fingerprint density at radius 2 is 2.00 bits per heavy atom. The van der Waals surface area contributed by atoms with Gasteiger partial charge in [0.2, 0.25) is 5.91 Å². The average Bonchev–Trinajstić information content (AvgIpc) is 2.65. The second-order valence-electron chi connectivity index (χ2n) is 5.31. The lowest BCUT2D eigenvalue weighted by atomic mass is 10.2. The molecule has 0 aliphatic carbocycles. The zero-order valence-electron chi connectivity index (χ0n) is 13.4. The highest BCUT2D eigenvalue weighted by Gasteiger charge is 2.17. The van der Waals surface area contributed by atoms with E-state index in [4.69, 9.17) is 0 Å². The topological polar surface area (TPSA) is 75.8 Å². The molecule has 0 spiro atoms. The predicted octanol–water partition coefficient (Wildman–Crippen LogP) is 4.23. The first-order chi connectivity index (χ1) is 12.0. The molecular formula is C17H15N3O3S2. The summed E-state index contributed by atoms with van der Waals surface area (Å²) in [5.41, 5.74) is 2.79. The number of nitro benzene ring substituents is 1.